The fraction of sp³-hybridized carbons (Fsp3) is 0.385. The highest BCUT2D eigenvalue weighted by Gasteiger charge is 2.31. The van der Waals surface area contributed by atoms with Crippen molar-refractivity contribution < 1.29 is 13.5 Å². The number of methoxy groups -OCH3 is 1. The van der Waals surface area contributed by atoms with E-state index in [1.165, 1.54) is 0 Å². The summed E-state index contributed by atoms with van der Waals surface area (Å²) in [5.41, 5.74) is 2.68. The minimum Gasteiger partial charge on any atom is -0.479 e. The molecule has 0 spiro atoms. The molecule has 0 aliphatic carbocycles. The van der Waals surface area contributed by atoms with Crippen LogP contribution in [-0.4, -0.2) is 36.4 Å². The molecule has 1 aliphatic heterocycles. The van der Waals surface area contributed by atoms with Crippen LogP contribution in [0.2, 0.25) is 0 Å². The number of aryl methyl sites for hydroxylation is 2. The molecular weight excluding hydrogens is 450 g/mol. The lowest BCUT2D eigenvalue weighted by Crippen LogP contribution is -2.21. The molecule has 4 heterocycles. The summed E-state index contributed by atoms with van der Waals surface area (Å²) in [5.74, 6) is 0.119. The summed E-state index contributed by atoms with van der Waals surface area (Å²) in [6.45, 7) is 8.35. The van der Waals surface area contributed by atoms with E-state index in [1.54, 1.807) is 19.5 Å². The normalized spacial score (nSPS) is 15.8. The predicted octanol–water partition coefficient (Wildman–Crippen LogP) is 5.34. The molecule has 4 aromatic rings. The third-order valence-electron chi connectivity index (χ3n) is 6.40. The zero-order valence-corrected chi connectivity index (χ0v) is 20.5. The lowest BCUT2D eigenvalue weighted by Gasteiger charge is -2.26. The van der Waals surface area contributed by atoms with Gasteiger partial charge in [-0.1, -0.05) is 20.8 Å². The maximum Gasteiger partial charge on any atom is 0.238 e. The first-order valence-corrected chi connectivity index (χ1v) is 11.7. The molecule has 182 valence electrons. The number of halogens is 2. The Labute approximate surface area is 202 Å². The van der Waals surface area contributed by atoms with Gasteiger partial charge >= 0.3 is 0 Å². The van der Waals surface area contributed by atoms with Crippen LogP contribution >= 0.6 is 0 Å². The topological polar surface area (TPSA) is 70.7 Å². The molecule has 0 amide bonds. The van der Waals surface area contributed by atoms with Crippen molar-refractivity contribution in [2.75, 3.05) is 7.11 Å². The van der Waals surface area contributed by atoms with Crippen LogP contribution in [0.25, 0.3) is 17.2 Å². The average molecular weight is 479 g/mol. The van der Waals surface area contributed by atoms with Crippen LogP contribution in [0.3, 0.4) is 0 Å². The van der Waals surface area contributed by atoms with E-state index < -0.39 is 17.0 Å². The van der Waals surface area contributed by atoms with Crippen molar-refractivity contribution in [3.63, 3.8) is 0 Å². The van der Waals surface area contributed by atoms with Crippen LogP contribution < -0.4 is 4.74 Å². The molecule has 0 radical (unpaired) electrons. The van der Waals surface area contributed by atoms with Gasteiger partial charge in [-0.15, -0.1) is 5.10 Å². The lowest BCUT2D eigenvalue weighted by molar-refractivity contribution is 0.396. The average Bonchev–Trinajstić information content (AvgIpc) is 3.44. The zero-order valence-electron chi connectivity index (χ0n) is 20.5. The van der Waals surface area contributed by atoms with E-state index in [9.17, 15) is 8.78 Å². The predicted molar refractivity (Wildman–Crippen MR) is 128 cm³/mol. The summed E-state index contributed by atoms with van der Waals surface area (Å²) in [6.07, 6.45) is 5.12. The summed E-state index contributed by atoms with van der Waals surface area (Å²) < 4.78 is 38.7. The van der Waals surface area contributed by atoms with Crippen LogP contribution in [0.15, 0.2) is 36.8 Å². The van der Waals surface area contributed by atoms with Gasteiger partial charge in [-0.3, -0.25) is 0 Å². The molecule has 1 aromatic carbocycles. The summed E-state index contributed by atoms with van der Waals surface area (Å²) in [6, 6.07) is 6.37. The number of fused-ring (bicyclic) bond motifs is 1. The molecule has 0 fully saturated rings. The maximum absolute atomic E-state index is 15.0. The molecule has 0 bridgehead atoms. The number of pyridine rings is 1. The third kappa shape index (κ3) is 4.19. The van der Waals surface area contributed by atoms with E-state index >= 15 is 0 Å². The van der Waals surface area contributed by atoms with Crippen molar-refractivity contribution in [2.24, 2.45) is 0 Å². The van der Waals surface area contributed by atoms with E-state index in [0.29, 0.717) is 47.3 Å². The first-order valence-electron chi connectivity index (χ1n) is 11.7. The molecule has 5 rings (SSSR count). The van der Waals surface area contributed by atoms with Crippen LogP contribution in [0.4, 0.5) is 8.78 Å². The SMILES string of the molecule is COc1nc(-c2nc3n(n2)CCC[C@H]3c2cc(C(C)(C)C)c(F)cc2F)ccc1-n1cnc(C)c1. The molecule has 1 aliphatic rings. The van der Waals surface area contributed by atoms with Gasteiger partial charge in [-0.05, 0) is 54.5 Å². The van der Waals surface area contributed by atoms with Gasteiger partial charge in [0, 0.05) is 24.7 Å². The van der Waals surface area contributed by atoms with Crippen LogP contribution in [0.1, 0.15) is 62.2 Å². The Kier molecular flexibility index (Phi) is 5.65. The van der Waals surface area contributed by atoms with Gasteiger partial charge in [0.2, 0.25) is 5.88 Å². The van der Waals surface area contributed by atoms with Crippen LogP contribution in [-0.2, 0) is 12.0 Å². The number of aromatic nitrogens is 6. The number of rotatable bonds is 4. The van der Waals surface area contributed by atoms with Gasteiger partial charge < -0.3 is 9.30 Å². The Balaban J connectivity index is 1.55. The Morgan fingerprint density at radius 2 is 1.89 bits per heavy atom. The van der Waals surface area contributed by atoms with E-state index in [1.807, 2.05) is 55.3 Å². The lowest BCUT2D eigenvalue weighted by atomic mass is 9.82. The second-order valence-electron chi connectivity index (χ2n) is 9.96. The molecule has 3 aromatic heterocycles. The Hall–Kier alpha value is -3.62. The highest BCUT2D eigenvalue weighted by Crippen LogP contribution is 2.38. The molecule has 9 heteroatoms. The van der Waals surface area contributed by atoms with Crippen molar-refractivity contribution in [3.8, 4) is 23.1 Å². The van der Waals surface area contributed by atoms with Crippen molar-refractivity contribution in [3.05, 3.63) is 71.1 Å². The maximum atomic E-state index is 15.0. The molecule has 1 atom stereocenters. The zero-order chi connectivity index (χ0) is 24.9. The first kappa shape index (κ1) is 23.1. The van der Waals surface area contributed by atoms with Gasteiger partial charge in [0.15, 0.2) is 5.82 Å². The number of hydrogen-bond acceptors (Lipinski definition) is 5. The highest BCUT2D eigenvalue weighted by atomic mass is 19.1. The molecule has 0 unspecified atom stereocenters. The Morgan fingerprint density at radius 3 is 2.57 bits per heavy atom. The van der Waals surface area contributed by atoms with E-state index in [4.69, 9.17) is 9.72 Å². The van der Waals surface area contributed by atoms with Crippen molar-refractivity contribution in [1.82, 2.24) is 29.3 Å². The number of hydrogen-bond donors (Lipinski definition) is 0. The highest BCUT2D eigenvalue weighted by molar-refractivity contribution is 5.55. The molecule has 0 saturated carbocycles. The van der Waals surface area contributed by atoms with Crippen molar-refractivity contribution >= 4 is 0 Å². The minimum absolute atomic E-state index is 0.318. The first-order chi connectivity index (χ1) is 16.7. The Morgan fingerprint density at radius 1 is 1.09 bits per heavy atom. The minimum atomic E-state index is -0.557. The number of imidazole rings is 1. The molecule has 7 nitrogen and oxygen atoms in total. The summed E-state index contributed by atoms with van der Waals surface area (Å²) in [5, 5.41) is 4.67. The fourth-order valence-corrected chi connectivity index (χ4v) is 4.62. The van der Waals surface area contributed by atoms with E-state index in [0.717, 1.165) is 23.9 Å². The second kappa shape index (κ2) is 8.55. The number of ether oxygens (including phenoxy) is 1. The monoisotopic (exact) mass is 478 g/mol. The van der Waals surface area contributed by atoms with Gasteiger partial charge in [-0.25, -0.2) is 28.4 Å². The molecular formula is C26H28F2N6O. The summed E-state index contributed by atoms with van der Waals surface area (Å²) in [4.78, 5) is 13.7. The molecule has 0 saturated heterocycles. The second-order valence-corrected chi connectivity index (χ2v) is 9.96. The van der Waals surface area contributed by atoms with Gasteiger partial charge in [-0.2, -0.15) is 0 Å². The van der Waals surface area contributed by atoms with E-state index in [2.05, 4.69) is 15.1 Å². The molecule has 0 N–H and O–H groups in total. The fourth-order valence-electron chi connectivity index (χ4n) is 4.62. The standard InChI is InChI=1S/C26H28F2N6O/c1-15-13-33(14-29-15)22-9-8-21(30-25(22)35-5)23-31-24-16(7-6-10-34(24)32-23)17-11-18(26(2,3)4)20(28)12-19(17)27/h8-9,11-14,16H,6-7,10H2,1-5H3/t16-/m0/s1. The summed E-state index contributed by atoms with van der Waals surface area (Å²) in [7, 11) is 1.56. The third-order valence-corrected chi connectivity index (χ3v) is 6.40. The number of benzene rings is 1. The smallest absolute Gasteiger partial charge is 0.238 e. The quantitative estimate of drug-likeness (QED) is 0.396. The van der Waals surface area contributed by atoms with Crippen LogP contribution in [0.5, 0.6) is 5.88 Å². The largest absolute Gasteiger partial charge is 0.479 e. The Bertz CT molecular complexity index is 1400. The van der Waals surface area contributed by atoms with Crippen molar-refractivity contribution in [1.29, 1.82) is 0 Å². The van der Waals surface area contributed by atoms with Gasteiger partial charge in [0.25, 0.3) is 0 Å². The summed E-state index contributed by atoms with van der Waals surface area (Å²) >= 11 is 0. The van der Waals surface area contributed by atoms with Gasteiger partial charge in [0.1, 0.15) is 28.8 Å². The molecule has 35 heavy (non-hydrogen) atoms. The number of nitrogens with zero attached hydrogens (tertiary/aromatic N) is 6. The van der Waals surface area contributed by atoms with Gasteiger partial charge in [0.05, 0.1) is 19.1 Å². The van der Waals surface area contributed by atoms with Crippen LogP contribution in [0, 0.1) is 18.6 Å². The van der Waals surface area contributed by atoms with E-state index in [-0.39, 0.29) is 5.92 Å². The van der Waals surface area contributed by atoms with Crippen molar-refractivity contribution in [2.45, 2.75) is 58.4 Å².